The fraction of sp³-hybridized carbons (Fsp3) is 0.0588. The summed E-state index contributed by atoms with van der Waals surface area (Å²) in [6, 6.07) is 11.0. The lowest BCUT2D eigenvalue weighted by Gasteiger charge is -2.07. The number of nitrogens with zero attached hydrogens (tertiary/aromatic N) is 3. The zero-order valence-corrected chi connectivity index (χ0v) is 13.0. The van der Waals surface area contributed by atoms with Crippen LogP contribution in [0.25, 0.3) is 5.69 Å². The number of nitro benzene ring substituents is 1. The number of hydrogen-bond donors (Lipinski definition) is 2. The quantitative estimate of drug-likeness (QED) is 0.548. The highest BCUT2D eigenvalue weighted by atomic mass is 16.6. The minimum absolute atomic E-state index is 0.151. The molecular weight excluding hydrogens is 324 g/mol. The Morgan fingerprint density at radius 1 is 1.24 bits per heavy atom. The molecular formula is C17H14N4O4. The molecule has 0 saturated heterocycles. The maximum absolute atomic E-state index is 12.1. The van der Waals surface area contributed by atoms with Crippen LogP contribution >= 0.6 is 0 Å². The molecule has 0 aliphatic carbocycles. The first-order valence-corrected chi connectivity index (χ1v) is 7.37. The van der Waals surface area contributed by atoms with Gasteiger partial charge >= 0.3 is 5.69 Å². The van der Waals surface area contributed by atoms with Crippen molar-refractivity contribution < 1.29 is 14.8 Å². The van der Waals surface area contributed by atoms with Crippen LogP contribution in [0.1, 0.15) is 15.9 Å². The van der Waals surface area contributed by atoms with Gasteiger partial charge in [-0.05, 0) is 29.8 Å². The lowest BCUT2D eigenvalue weighted by Crippen LogP contribution is -2.22. The SMILES string of the molecule is O=C(NCc1ccc(-n2ccnc2)cc1)c1ccc([N+](=O)[O-])c(O)c1. The zero-order valence-electron chi connectivity index (χ0n) is 13.0. The summed E-state index contributed by atoms with van der Waals surface area (Å²) in [5.41, 5.74) is 1.56. The van der Waals surface area contributed by atoms with Gasteiger partial charge in [-0.15, -0.1) is 0 Å². The number of carbonyl (C=O) groups is 1. The van der Waals surface area contributed by atoms with E-state index in [1.165, 1.54) is 6.07 Å². The number of phenols is 1. The van der Waals surface area contributed by atoms with Gasteiger partial charge in [-0.3, -0.25) is 14.9 Å². The van der Waals surface area contributed by atoms with Gasteiger partial charge in [0.05, 0.1) is 11.3 Å². The van der Waals surface area contributed by atoms with Gasteiger partial charge in [-0.2, -0.15) is 0 Å². The van der Waals surface area contributed by atoms with Gasteiger partial charge in [0.15, 0.2) is 5.75 Å². The number of aromatic hydroxyl groups is 1. The smallest absolute Gasteiger partial charge is 0.310 e. The van der Waals surface area contributed by atoms with E-state index in [2.05, 4.69) is 10.3 Å². The molecule has 2 N–H and O–H groups in total. The normalized spacial score (nSPS) is 10.4. The van der Waals surface area contributed by atoms with Crippen molar-refractivity contribution in [3.8, 4) is 11.4 Å². The highest BCUT2D eigenvalue weighted by molar-refractivity contribution is 5.95. The van der Waals surface area contributed by atoms with E-state index in [4.69, 9.17) is 0 Å². The van der Waals surface area contributed by atoms with Crippen molar-refractivity contribution in [2.75, 3.05) is 0 Å². The third-order valence-electron chi connectivity index (χ3n) is 3.63. The first-order valence-electron chi connectivity index (χ1n) is 7.37. The van der Waals surface area contributed by atoms with Crippen LogP contribution < -0.4 is 5.32 Å². The number of phenolic OH excluding ortho intramolecular Hbond substituents is 1. The van der Waals surface area contributed by atoms with Crippen molar-refractivity contribution in [1.29, 1.82) is 0 Å². The largest absolute Gasteiger partial charge is 0.502 e. The second-order valence-corrected chi connectivity index (χ2v) is 5.28. The zero-order chi connectivity index (χ0) is 17.8. The molecule has 0 bridgehead atoms. The highest BCUT2D eigenvalue weighted by Gasteiger charge is 2.15. The number of hydrogen-bond acceptors (Lipinski definition) is 5. The van der Waals surface area contributed by atoms with Gasteiger partial charge in [0.25, 0.3) is 5.91 Å². The summed E-state index contributed by atoms with van der Waals surface area (Å²) in [4.78, 5) is 26.0. The fourth-order valence-corrected chi connectivity index (χ4v) is 2.30. The molecule has 3 aromatic rings. The Balaban J connectivity index is 1.64. The number of benzene rings is 2. The van der Waals surface area contributed by atoms with Crippen LogP contribution in [0.2, 0.25) is 0 Å². The van der Waals surface area contributed by atoms with Gasteiger partial charge in [0.2, 0.25) is 0 Å². The molecule has 8 nitrogen and oxygen atoms in total. The number of nitro groups is 1. The highest BCUT2D eigenvalue weighted by Crippen LogP contribution is 2.26. The molecule has 25 heavy (non-hydrogen) atoms. The lowest BCUT2D eigenvalue weighted by atomic mass is 10.1. The summed E-state index contributed by atoms with van der Waals surface area (Å²) in [6.07, 6.45) is 5.21. The molecule has 0 aliphatic rings. The number of rotatable bonds is 5. The molecule has 126 valence electrons. The summed E-state index contributed by atoms with van der Waals surface area (Å²) in [5.74, 6) is -0.966. The molecule has 1 aromatic heterocycles. The summed E-state index contributed by atoms with van der Waals surface area (Å²) in [6.45, 7) is 0.292. The number of aromatic nitrogens is 2. The molecule has 8 heteroatoms. The Hall–Kier alpha value is -3.68. The molecule has 1 heterocycles. The van der Waals surface area contributed by atoms with E-state index in [0.29, 0.717) is 6.54 Å². The van der Waals surface area contributed by atoms with Crippen molar-refractivity contribution in [3.05, 3.63) is 82.4 Å². The summed E-state index contributed by atoms with van der Waals surface area (Å²) in [5, 5.41) is 23.0. The fourth-order valence-electron chi connectivity index (χ4n) is 2.30. The second kappa shape index (κ2) is 6.83. The van der Waals surface area contributed by atoms with Crippen molar-refractivity contribution in [2.24, 2.45) is 0 Å². The Morgan fingerprint density at radius 3 is 2.60 bits per heavy atom. The van der Waals surface area contributed by atoms with E-state index in [9.17, 15) is 20.0 Å². The Morgan fingerprint density at radius 2 is 2.00 bits per heavy atom. The van der Waals surface area contributed by atoms with Crippen molar-refractivity contribution >= 4 is 11.6 Å². The van der Waals surface area contributed by atoms with E-state index in [1.54, 1.807) is 12.5 Å². The van der Waals surface area contributed by atoms with Gasteiger partial charge in [-0.25, -0.2) is 4.98 Å². The lowest BCUT2D eigenvalue weighted by molar-refractivity contribution is -0.385. The predicted octanol–water partition coefficient (Wildman–Crippen LogP) is 2.42. The molecule has 3 rings (SSSR count). The van der Waals surface area contributed by atoms with E-state index >= 15 is 0 Å². The van der Waals surface area contributed by atoms with Gasteiger partial charge in [-0.1, -0.05) is 12.1 Å². The van der Waals surface area contributed by atoms with Crippen molar-refractivity contribution in [3.63, 3.8) is 0 Å². The molecule has 0 fully saturated rings. The van der Waals surface area contributed by atoms with E-state index in [0.717, 1.165) is 23.4 Å². The van der Waals surface area contributed by atoms with Crippen LogP contribution in [0, 0.1) is 10.1 Å². The predicted molar refractivity (Wildman–Crippen MR) is 89.5 cm³/mol. The average Bonchev–Trinajstić information content (AvgIpc) is 3.14. The van der Waals surface area contributed by atoms with Crippen molar-refractivity contribution in [1.82, 2.24) is 14.9 Å². The van der Waals surface area contributed by atoms with Crippen molar-refractivity contribution in [2.45, 2.75) is 6.54 Å². The van der Waals surface area contributed by atoms with Gasteiger partial charge in [0.1, 0.15) is 0 Å². The number of nitrogens with one attached hydrogen (secondary N) is 1. The van der Waals surface area contributed by atoms with E-state index < -0.39 is 22.3 Å². The monoisotopic (exact) mass is 338 g/mol. The summed E-state index contributed by atoms with van der Waals surface area (Å²) < 4.78 is 1.86. The van der Waals surface area contributed by atoms with E-state index in [-0.39, 0.29) is 5.56 Å². The molecule has 0 unspecified atom stereocenters. The average molecular weight is 338 g/mol. The number of amides is 1. The molecule has 2 aromatic carbocycles. The maximum Gasteiger partial charge on any atom is 0.310 e. The summed E-state index contributed by atoms with van der Waals surface area (Å²) >= 11 is 0. The third-order valence-corrected chi connectivity index (χ3v) is 3.63. The minimum atomic E-state index is -0.709. The second-order valence-electron chi connectivity index (χ2n) is 5.28. The molecule has 0 aliphatic heterocycles. The molecule has 1 amide bonds. The van der Waals surface area contributed by atoms with Crippen LogP contribution in [0.15, 0.2) is 61.2 Å². The topological polar surface area (TPSA) is 110 Å². The van der Waals surface area contributed by atoms with Gasteiger partial charge in [0, 0.05) is 36.3 Å². The Labute approximate surface area is 142 Å². The number of carbonyl (C=O) groups excluding carboxylic acids is 1. The standard InChI is InChI=1S/C17H14N4O4/c22-16-9-13(3-6-15(16)21(24)25)17(23)19-10-12-1-4-14(5-2-12)20-8-7-18-11-20/h1-9,11,22H,10H2,(H,19,23). The first kappa shape index (κ1) is 16.2. The summed E-state index contributed by atoms with van der Waals surface area (Å²) in [7, 11) is 0. The van der Waals surface area contributed by atoms with Crippen LogP contribution in [-0.2, 0) is 6.54 Å². The number of imidazole rings is 1. The minimum Gasteiger partial charge on any atom is -0.502 e. The van der Waals surface area contributed by atoms with Crippen LogP contribution in [0.4, 0.5) is 5.69 Å². The third kappa shape index (κ3) is 3.63. The van der Waals surface area contributed by atoms with Crippen LogP contribution in [-0.4, -0.2) is 25.5 Å². The maximum atomic E-state index is 12.1. The Kier molecular flexibility index (Phi) is 4.42. The molecule has 0 radical (unpaired) electrons. The molecule has 0 saturated carbocycles. The first-order chi connectivity index (χ1) is 12.0. The van der Waals surface area contributed by atoms with Gasteiger partial charge < -0.3 is 15.0 Å². The molecule has 0 atom stereocenters. The van der Waals surface area contributed by atoms with Crippen LogP contribution in [0.5, 0.6) is 5.75 Å². The van der Waals surface area contributed by atoms with Crippen LogP contribution in [0.3, 0.4) is 0 Å². The molecule has 0 spiro atoms. The van der Waals surface area contributed by atoms with E-state index in [1.807, 2.05) is 35.0 Å². The Bertz CT molecular complexity index is 905.